The van der Waals surface area contributed by atoms with Crippen molar-refractivity contribution in [3.63, 3.8) is 0 Å². The minimum absolute atomic E-state index is 0.0393. The van der Waals surface area contributed by atoms with E-state index in [2.05, 4.69) is 19.9 Å². The number of pyridine rings is 1. The Morgan fingerprint density at radius 2 is 1.57 bits per heavy atom. The van der Waals surface area contributed by atoms with E-state index < -0.39 is 17.6 Å². The van der Waals surface area contributed by atoms with Crippen LogP contribution in [0.5, 0.6) is 0 Å². The molecule has 3 fully saturated rings. The fourth-order valence-corrected chi connectivity index (χ4v) is 5.68. The Kier molecular flexibility index (Phi) is 7.07. The molecule has 1 N–H and O–H groups in total. The van der Waals surface area contributed by atoms with Gasteiger partial charge < -0.3 is 19.8 Å². The molecule has 0 radical (unpaired) electrons. The molecule has 13 heteroatoms. The molecule has 2 aromatic rings. The van der Waals surface area contributed by atoms with E-state index in [9.17, 15) is 22.8 Å². The molecule has 3 aliphatic rings. The second kappa shape index (κ2) is 9.94. The zero-order chi connectivity index (χ0) is 26.8. The fraction of sp³-hybridized carbons (Fsp3) is 0.500. The van der Waals surface area contributed by atoms with E-state index in [1.807, 2.05) is 22.9 Å². The molecule has 3 saturated heterocycles. The number of carboxylic acids is 1. The van der Waals surface area contributed by atoms with Gasteiger partial charge in [0, 0.05) is 75.5 Å². The van der Waals surface area contributed by atoms with Crippen LogP contribution in [0.15, 0.2) is 43.0 Å². The van der Waals surface area contributed by atoms with Crippen LogP contribution in [0.3, 0.4) is 0 Å². The Labute approximate surface area is 211 Å². The lowest BCUT2D eigenvalue weighted by molar-refractivity contribution is -0.192. The molecular weight excluding hydrogens is 493 g/mol. The number of nitrogens with zero attached hydrogens (tertiary/aromatic N) is 6. The van der Waals surface area contributed by atoms with Gasteiger partial charge in [0.05, 0.1) is 5.41 Å². The first-order chi connectivity index (χ1) is 17.5. The number of anilines is 1. The van der Waals surface area contributed by atoms with Gasteiger partial charge in [0.2, 0.25) is 11.9 Å². The number of carbonyl (C=O) groups is 3. The topological polar surface area (TPSA) is 120 Å². The lowest BCUT2D eigenvalue weighted by atomic mass is 9.60. The number of hydrogen-bond acceptors (Lipinski definition) is 7. The van der Waals surface area contributed by atoms with E-state index in [1.165, 1.54) is 0 Å². The molecular formula is C24H27F3N6O4. The molecule has 2 amide bonds. The van der Waals surface area contributed by atoms with Gasteiger partial charge in [-0.1, -0.05) is 0 Å². The average Bonchev–Trinajstić information content (AvgIpc) is 3.37. The van der Waals surface area contributed by atoms with Gasteiger partial charge in [-0.3, -0.25) is 14.6 Å². The zero-order valence-electron chi connectivity index (χ0n) is 20.2. The zero-order valence-corrected chi connectivity index (χ0v) is 20.2. The van der Waals surface area contributed by atoms with Crippen LogP contribution < -0.4 is 4.90 Å². The van der Waals surface area contributed by atoms with Crippen LogP contribution >= 0.6 is 0 Å². The van der Waals surface area contributed by atoms with E-state index in [0.717, 1.165) is 32.4 Å². The standard InChI is InChI=1S/C22H26N6O2.C2HF3O2/c1-26-12-7-22(19(26)30)16-28(20-24-8-2-9-25-20)15-21(22)5-13-27(14-6-21)18(29)17-3-10-23-11-4-17;3-2(4,5)1(6)7/h2-4,8-11H,5-7,12-16H2,1H3;(H,6,7). The normalized spacial score (nSPS) is 22.8. The Bertz CT molecular complexity index is 1140. The maximum atomic E-state index is 13.4. The molecule has 0 aliphatic carbocycles. The molecule has 2 aromatic heterocycles. The summed E-state index contributed by atoms with van der Waals surface area (Å²) in [5, 5.41) is 7.12. The summed E-state index contributed by atoms with van der Waals surface area (Å²) in [5.41, 5.74) is 0.0774. The van der Waals surface area contributed by atoms with Crippen molar-refractivity contribution in [1.82, 2.24) is 24.8 Å². The van der Waals surface area contributed by atoms with Gasteiger partial charge in [-0.05, 0) is 37.5 Å². The van der Waals surface area contributed by atoms with Crippen molar-refractivity contribution in [3.05, 3.63) is 48.5 Å². The van der Waals surface area contributed by atoms with Crippen molar-refractivity contribution in [2.75, 3.05) is 44.7 Å². The summed E-state index contributed by atoms with van der Waals surface area (Å²) in [6.07, 6.45) is 4.19. The number of aromatic nitrogens is 3. The third kappa shape index (κ3) is 4.94. The van der Waals surface area contributed by atoms with Gasteiger partial charge in [0.15, 0.2) is 0 Å². The van der Waals surface area contributed by atoms with Gasteiger partial charge in [-0.15, -0.1) is 0 Å². The first-order valence-electron chi connectivity index (χ1n) is 11.8. The summed E-state index contributed by atoms with van der Waals surface area (Å²) >= 11 is 0. The molecule has 0 aromatic carbocycles. The number of carbonyl (C=O) groups excluding carboxylic acids is 2. The number of rotatable bonds is 2. The number of alkyl halides is 3. The summed E-state index contributed by atoms with van der Waals surface area (Å²) in [5.74, 6) is -1.80. The molecule has 5 heterocycles. The monoisotopic (exact) mass is 520 g/mol. The highest BCUT2D eigenvalue weighted by atomic mass is 19.4. The molecule has 37 heavy (non-hydrogen) atoms. The van der Waals surface area contributed by atoms with E-state index in [-0.39, 0.29) is 17.2 Å². The SMILES string of the molecule is CN1CCC2(CN(c3ncccn3)CC23CCN(C(=O)c2ccncc2)CC3)C1=O.O=C(O)C(F)(F)F. The van der Waals surface area contributed by atoms with Crippen LogP contribution in [0.1, 0.15) is 29.6 Å². The first-order valence-corrected chi connectivity index (χ1v) is 11.8. The second-order valence-electron chi connectivity index (χ2n) is 9.57. The van der Waals surface area contributed by atoms with Crippen molar-refractivity contribution in [3.8, 4) is 0 Å². The molecule has 2 spiro atoms. The van der Waals surface area contributed by atoms with Gasteiger partial charge in [-0.2, -0.15) is 13.2 Å². The van der Waals surface area contributed by atoms with Crippen LogP contribution in [0.25, 0.3) is 0 Å². The third-order valence-corrected chi connectivity index (χ3v) is 7.61. The van der Waals surface area contributed by atoms with E-state index in [0.29, 0.717) is 31.1 Å². The molecule has 1 unspecified atom stereocenters. The largest absolute Gasteiger partial charge is 0.490 e. The van der Waals surface area contributed by atoms with Crippen LogP contribution in [0, 0.1) is 10.8 Å². The van der Waals surface area contributed by atoms with Gasteiger partial charge in [-0.25, -0.2) is 14.8 Å². The molecule has 10 nitrogen and oxygen atoms in total. The molecule has 198 valence electrons. The number of carboxylic acid groups (broad SMARTS) is 1. The minimum Gasteiger partial charge on any atom is -0.475 e. The minimum atomic E-state index is -5.08. The number of hydrogen-bond donors (Lipinski definition) is 1. The van der Waals surface area contributed by atoms with E-state index >= 15 is 0 Å². The number of aliphatic carboxylic acids is 1. The predicted molar refractivity (Wildman–Crippen MR) is 124 cm³/mol. The van der Waals surface area contributed by atoms with Crippen molar-refractivity contribution >= 4 is 23.7 Å². The Balaban J connectivity index is 0.000000405. The quantitative estimate of drug-likeness (QED) is 0.640. The van der Waals surface area contributed by atoms with Crippen LogP contribution in [0.4, 0.5) is 19.1 Å². The van der Waals surface area contributed by atoms with Crippen molar-refractivity contribution in [2.45, 2.75) is 25.4 Å². The summed E-state index contributed by atoms with van der Waals surface area (Å²) in [7, 11) is 1.90. The number of piperidine rings is 1. The smallest absolute Gasteiger partial charge is 0.475 e. The first kappa shape index (κ1) is 26.3. The molecule has 1 atom stereocenters. The molecule has 3 aliphatic heterocycles. The maximum absolute atomic E-state index is 13.4. The van der Waals surface area contributed by atoms with E-state index in [4.69, 9.17) is 9.90 Å². The summed E-state index contributed by atoms with van der Waals surface area (Å²) < 4.78 is 31.7. The van der Waals surface area contributed by atoms with Crippen molar-refractivity contribution in [2.24, 2.45) is 10.8 Å². The highest BCUT2D eigenvalue weighted by Gasteiger charge is 2.65. The van der Waals surface area contributed by atoms with Gasteiger partial charge >= 0.3 is 12.1 Å². The highest BCUT2D eigenvalue weighted by molar-refractivity contribution is 5.94. The van der Waals surface area contributed by atoms with Gasteiger partial charge in [0.25, 0.3) is 5.91 Å². The number of likely N-dealkylation sites (tertiary alicyclic amines) is 2. The second-order valence-corrected chi connectivity index (χ2v) is 9.57. The average molecular weight is 521 g/mol. The summed E-state index contributed by atoms with van der Waals surface area (Å²) in [4.78, 5) is 54.0. The van der Waals surface area contributed by atoms with Crippen LogP contribution in [-0.4, -0.2) is 93.6 Å². The van der Waals surface area contributed by atoms with Gasteiger partial charge in [0.1, 0.15) is 0 Å². The Hall–Kier alpha value is -3.77. The fourth-order valence-electron chi connectivity index (χ4n) is 5.68. The number of fused-ring (bicyclic) bond motifs is 1. The molecule has 0 bridgehead atoms. The third-order valence-electron chi connectivity index (χ3n) is 7.61. The number of halogens is 3. The number of amides is 2. The molecule has 5 rings (SSSR count). The lowest BCUT2D eigenvalue weighted by Crippen LogP contribution is -2.53. The van der Waals surface area contributed by atoms with Crippen LogP contribution in [-0.2, 0) is 9.59 Å². The van der Waals surface area contributed by atoms with Crippen LogP contribution in [0.2, 0.25) is 0 Å². The van der Waals surface area contributed by atoms with Crippen molar-refractivity contribution < 1.29 is 32.7 Å². The Morgan fingerprint density at radius 3 is 2.08 bits per heavy atom. The highest BCUT2D eigenvalue weighted by Crippen LogP contribution is 2.58. The predicted octanol–water partition coefficient (Wildman–Crippen LogP) is 2.10. The summed E-state index contributed by atoms with van der Waals surface area (Å²) in [6, 6.07) is 5.32. The Morgan fingerprint density at radius 1 is 0.973 bits per heavy atom. The van der Waals surface area contributed by atoms with Crippen molar-refractivity contribution in [1.29, 1.82) is 0 Å². The molecule has 0 saturated carbocycles. The summed E-state index contributed by atoms with van der Waals surface area (Å²) in [6.45, 7) is 3.50. The van der Waals surface area contributed by atoms with E-state index in [1.54, 1.807) is 36.9 Å². The lowest BCUT2D eigenvalue weighted by Gasteiger charge is -2.46. The maximum Gasteiger partial charge on any atom is 0.490 e.